The van der Waals surface area contributed by atoms with E-state index >= 15 is 0 Å². The molecular weight excluding hydrogens is 418 g/mol. The van der Waals surface area contributed by atoms with Crippen LogP contribution in [0.5, 0.6) is 0 Å². The van der Waals surface area contributed by atoms with E-state index in [2.05, 4.69) is 20.2 Å². The predicted molar refractivity (Wildman–Crippen MR) is 110 cm³/mol. The summed E-state index contributed by atoms with van der Waals surface area (Å²) in [6.07, 6.45) is 4.01. The summed E-state index contributed by atoms with van der Waals surface area (Å²) in [6, 6.07) is 9.16. The van der Waals surface area contributed by atoms with Crippen LogP contribution in [0.15, 0.2) is 53.0 Å². The minimum atomic E-state index is -0.363. The van der Waals surface area contributed by atoms with Gasteiger partial charge in [-0.1, -0.05) is 42.0 Å². The van der Waals surface area contributed by atoms with Crippen LogP contribution in [0.25, 0.3) is 5.69 Å². The highest BCUT2D eigenvalue weighted by atomic mass is 35.5. The van der Waals surface area contributed by atoms with Gasteiger partial charge < -0.3 is 4.74 Å². The summed E-state index contributed by atoms with van der Waals surface area (Å²) in [5.41, 5.74) is 0.862. The minimum Gasteiger partial charge on any atom is -0.468 e. The molecule has 0 fully saturated rings. The number of halogens is 1. The average molecular weight is 436 g/mol. The first kappa shape index (κ1) is 20.6. The minimum absolute atomic E-state index is 0.285. The van der Waals surface area contributed by atoms with Crippen LogP contribution >= 0.6 is 35.1 Å². The van der Waals surface area contributed by atoms with E-state index in [9.17, 15) is 4.79 Å². The molecule has 0 bridgehead atoms. The first-order valence-electron chi connectivity index (χ1n) is 8.47. The van der Waals surface area contributed by atoms with Crippen molar-refractivity contribution in [2.45, 2.75) is 34.7 Å². The Bertz CT molecular complexity index is 921. The van der Waals surface area contributed by atoms with Gasteiger partial charge in [-0.2, -0.15) is 0 Å². The molecule has 0 spiro atoms. The van der Waals surface area contributed by atoms with Gasteiger partial charge in [-0.15, -0.1) is 10.2 Å². The van der Waals surface area contributed by atoms with Gasteiger partial charge in [0.2, 0.25) is 0 Å². The quantitative estimate of drug-likeness (QED) is 0.297. The summed E-state index contributed by atoms with van der Waals surface area (Å²) in [5, 5.41) is 10.2. The van der Waals surface area contributed by atoms with E-state index in [0.717, 1.165) is 11.5 Å². The van der Waals surface area contributed by atoms with Crippen LogP contribution < -0.4 is 0 Å². The van der Waals surface area contributed by atoms with Crippen LogP contribution in [0.4, 0.5) is 0 Å². The highest BCUT2D eigenvalue weighted by Gasteiger charge is 2.24. The summed E-state index contributed by atoms with van der Waals surface area (Å²) in [7, 11) is 1.39. The third-order valence-corrected chi connectivity index (χ3v) is 6.15. The number of nitrogens with zero attached hydrogens (tertiary/aromatic N) is 5. The number of carbonyl (C=O) groups excluding carboxylic acids is 1. The van der Waals surface area contributed by atoms with Crippen LogP contribution in [0.3, 0.4) is 0 Å². The third-order valence-electron chi connectivity index (χ3n) is 3.74. The van der Waals surface area contributed by atoms with Gasteiger partial charge in [-0.05, 0) is 36.8 Å². The van der Waals surface area contributed by atoms with Gasteiger partial charge in [0.15, 0.2) is 10.3 Å². The number of methoxy groups -OCH3 is 1. The molecule has 0 aliphatic rings. The van der Waals surface area contributed by atoms with Crippen LogP contribution in [-0.4, -0.2) is 43.1 Å². The van der Waals surface area contributed by atoms with Gasteiger partial charge in [-0.3, -0.25) is 9.36 Å². The molecule has 2 aromatic heterocycles. The fourth-order valence-corrected chi connectivity index (χ4v) is 4.23. The Hall–Kier alpha value is -2.10. The van der Waals surface area contributed by atoms with E-state index in [-0.39, 0.29) is 11.2 Å². The summed E-state index contributed by atoms with van der Waals surface area (Å²) in [4.78, 5) is 20.5. The molecule has 7 nitrogen and oxygen atoms in total. The van der Waals surface area contributed by atoms with Gasteiger partial charge in [-0.25, -0.2) is 9.97 Å². The maximum Gasteiger partial charge on any atom is 0.319 e. The van der Waals surface area contributed by atoms with Crippen molar-refractivity contribution in [2.75, 3.05) is 7.11 Å². The summed E-state index contributed by atoms with van der Waals surface area (Å²) in [6.45, 7) is 1.93. The van der Waals surface area contributed by atoms with E-state index in [1.807, 2.05) is 23.6 Å². The average Bonchev–Trinajstić information content (AvgIpc) is 3.13. The molecule has 0 saturated heterocycles. The van der Waals surface area contributed by atoms with Gasteiger partial charge in [0, 0.05) is 23.1 Å². The molecule has 28 heavy (non-hydrogen) atoms. The van der Waals surface area contributed by atoms with Crippen molar-refractivity contribution in [2.24, 2.45) is 0 Å². The van der Waals surface area contributed by atoms with E-state index in [1.54, 1.807) is 30.6 Å². The molecule has 3 aromatic rings. The Balaban J connectivity index is 1.92. The lowest BCUT2D eigenvalue weighted by molar-refractivity contribution is -0.140. The zero-order valence-electron chi connectivity index (χ0n) is 15.3. The summed E-state index contributed by atoms with van der Waals surface area (Å²) in [5.74, 6) is 0.962. The highest BCUT2D eigenvalue weighted by molar-refractivity contribution is 8.00. The molecule has 0 radical (unpaired) electrons. The Labute approximate surface area is 176 Å². The molecule has 146 valence electrons. The molecule has 0 saturated carbocycles. The standard InChI is InChI=1S/C18H18ClN5O2S2/c1-3-14(16(25)26-2)28-18-23-22-15(11-27-17-20-9-4-10-21-17)24(18)13-7-5-12(19)6-8-13/h4-10,14H,3,11H2,1-2H3. The first-order chi connectivity index (χ1) is 13.6. The molecule has 3 rings (SSSR count). The zero-order chi connectivity index (χ0) is 19.9. The Morgan fingerprint density at radius 3 is 2.57 bits per heavy atom. The van der Waals surface area contributed by atoms with Gasteiger partial charge in [0.05, 0.1) is 12.9 Å². The monoisotopic (exact) mass is 435 g/mol. The van der Waals surface area contributed by atoms with Crippen LogP contribution in [0.1, 0.15) is 19.2 Å². The van der Waals surface area contributed by atoms with E-state index in [1.165, 1.54) is 30.6 Å². The van der Waals surface area contributed by atoms with Crippen molar-refractivity contribution >= 4 is 41.1 Å². The number of carbonyl (C=O) groups is 1. The largest absolute Gasteiger partial charge is 0.468 e. The third kappa shape index (κ3) is 5.03. The smallest absolute Gasteiger partial charge is 0.319 e. The second kappa shape index (κ2) is 9.90. The number of thioether (sulfide) groups is 2. The molecule has 2 heterocycles. The predicted octanol–water partition coefficient (Wildman–Crippen LogP) is 4.05. The highest BCUT2D eigenvalue weighted by Crippen LogP contribution is 2.30. The molecule has 0 N–H and O–H groups in total. The Morgan fingerprint density at radius 2 is 1.93 bits per heavy atom. The van der Waals surface area contributed by atoms with Crippen molar-refractivity contribution in [3.8, 4) is 5.69 Å². The van der Waals surface area contributed by atoms with Crippen molar-refractivity contribution in [3.05, 3.63) is 53.6 Å². The van der Waals surface area contributed by atoms with Crippen molar-refractivity contribution in [3.63, 3.8) is 0 Å². The summed E-state index contributed by atoms with van der Waals surface area (Å²) >= 11 is 8.83. The Kier molecular flexibility index (Phi) is 7.30. The van der Waals surface area contributed by atoms with E-state index in [4.69, 9.17) is 16.3 Å². The van der Waals surface area contributed by atoms with E-state index < -0.39 is 0 Å². The molecule has 1 aromatic carbocycles. The second-order valence-electron chi connectivity index (χ2n) is 5.57. The molecule has 0 amide bonds. The lowest BCUT2D eigenvalue weighted by atomic mass is 10.3. The first-order valence-corrected chi connectivity index (χ1v) is 10.7. The van der Waals surface area contributed by atoms with E-state index in [0.29, 0.717) is 27.5 Å². The van der Waals surface area contributed by atoms with Gasteiger partial charge in [0.1, 0.15) is 11.1 Å². The SMILES string of the molecule is CCC(Sc1nnc(CSc2ncccn2)n1-c1ccc(Cl)cc1)C(=O)OC. The van der Waals surface area contributed by atoms with Crippen LogP contribution in [0.2, 0.25) is 5.02 Å². The lowest BCUT2D eigenvalue weighted by Gasteiger charge is -2.14. The lowest BCUT2D eigenvalue weighted by Crippen LogP contribution is -2.18. The van der Waals surface area contributed by atoms with Crippen molar-refractivity contribution < 1.29 is 9.53 Å². The number of benzene rings is 1. The molecule has 1 atom stereocenters. The maximum atomic E-state index is 12.0. The molecule has 10 heteroatoms. The van der Waals surface area contributed by atoms with Crippen LogP contribution in [-0.2, 0) is 15.3 Å². The molecule has 0 aliphatic heterocycles. The fourth-order valence-electron chi connectivity index (χ4n) is 2.37. The maximum absolute atomic E-state index is 12.0. The number of esters is 1. The zero-order valence-corrected chi connectivity index (χ0v) is 17.7. The fraction of sp³-hybridized carbons (Fsp3) is 0.278. The van der Waals surface area contributed by atoms with Crippen molar-refractivity contribution in [1.29, 1.82) is 0 Å². The number of rotatable bonds is 8. The summed E-state index contributed by atoms with van der Waals surface area (Å²) < 4.78 is 6.81. The second-order valence-corrected chi connectivity index (χ2v) is 8.12. The Morgan fingerprint density at radius 1 is 1.21 bits per heavy atom. The van der Waals surface area contributed by atoms with Crippen molar-refractivity contribution in [1.82, 2.24) is 24.7 Å². The number of hydrogen-bond donors (Lipinski definition) is 0. The molecular formula is C18H18ClN5O2S2. The van der Waals surface area contributed by atoms with Gasteiger partial charge >= 0.3 is 5.97 Å². The number of aromatic nitrogens is 5. The normalized spacial score (nSPS) is 12.0. The molecule has 0 aliphatic carbocycles. The molecule has 1 unspecified atom stereocenters. The van der Waals surface area contributed by atoms with Crippen LogP contribution in [0, 0.1) is 0 Å². The number of ether oxygens (including phenoxy) is 1. The topological polar surface area (TPSA) is 82.8 Å². The number of hydrogen-bond acceptors (Lipinski definition) is 8. The van der Waals surface area contributed by atoms with Gasteiger partial charge in [0.25, 0.3) is 0 Å².